The Morgan fingerprint density at radius 1 is 1.11 bits per heavy atom. The highest BCUT2D eigenvalue weighted by Crippen LogP contribution is 2.19. The number of benzene rings is 2. The largest absolute Gasteiger partial charge is 0.399 e. The summed E-state index contributed by atoms with van der Waals surface area (Å²) in [6, 6.07) is 15.4. The number of nitrogen functional groups attached to an aromatic ring is 2. The summed E-state index contributed by atoms with van der Waals surface area (Å²) in [5.74, 6) is 0. The SMILES string of the molecule is CCc1ccccc1.Nc1ccc(NC=O)c(N)c1. The van der Waals surface area contributed by atoms with Crippen LogP contribution in [-0.2, 0) is 11.2 Å². The zero-order chi connectivity index (χ0) is 14.1. The number of hydrogen-bond donors (Lipinski definition) is 3. The maximum Gasteiger partial charge on any atom is 0.211 e. The summed E-state index contributed by atoms with van der Waals surface area (Å²) >= 11 is 0. The number of hydrogen-bond acceptors (Lipinski definition) is 3. The van der Waals surface area contributed by atoms with Crippen molar-refractivity contribution in [3.8, 4) is 0 Å². The molecule has 0 spiro atoms. The van der Waals surface area contributed by atoms with E-state index in [0.717, 1.165) is 6.42 Å². The Morgan fingerprint density at radius 3 is 2.26 bits per heavy atom. The first-order valence-electron chi connectivity index (χ1n) is 6.06. The molecule has 0 saturated heterocycles. The zero-order valence-corrected chi connectivity index (χ0v) is 11.0. The molecule has 19 heavy (non-hydrogen) atoms. The predicted octanol–water partition coefficient (Wildman–Crippen LogP) is 2.67. The maximum atomic E-state index is 10.0. The monoisotopic (exact) mass is 257 g/mol. The second-order valence-electron chi connectivity index (χ2n) is 3.95. The summed E-state index contributed by atoms with van der Waals surface area (Å²) < 4.78 is 0. The second-order valence-corrected chi connectivity index (χ2v) is 3.95. The first-order valence-corrected chi connectivity index (χ1v) is 6.06. The number of carbonyl (C=O) groups excluding carboxylic acids is 1. The van der Waals surface area contributed by atoms with Crippen LogP contribution in [-0.4, -0.2) is 6.41 Å². The summed E-state index contributed by atoms with van der Waals surface area (Å²) in [6.07, 6.45) is 1.71. The molecule has 0 atom stereocenters. The fraction of sp³-hybridized carbons (Fsp3) is 0.133. The van der Waals surface area contributed by atoms with Crippen LogP contribution in [0.5, 0.6) is 0 Å². The van der Waals surface area contributed by atoms with Crippen LogP contribution in [0.25, 0.3) is 0 Å². The normalized spacial score (nSPS) is 9.11. The quantitative estimate of drug-likeness (QED) is 0.584. The predicted molar refractivity (Wildman–Crippen MR) is 80.8 cm³/mol. The third kappa shape index (κ3) is 5.12. The first-order chi connectivity index (χ1) is 9.17. The van der Waals surface area contributed by atoms with Crippen LogP contribution < -0.4 is 16.8 Å². The summed E-state index contributed by atoms with van der Waals surface area (Å²) in [5, 5.41) is 2.44. The Balaban J connectivity index is 0.000000200. The average molecular weight is 257 g/mol. The molecule has 0 aliphatic heterocycles. The molecule has 1 amide bonds. The van der Waals surface area contributed by atoms with E-state index in [-0.39, 0.29) is 0 Å². The van der Waals surface area contributed by atoms with Crippen molar-refractivity contribution in [3.05, 3.63) is 54.1 Å². The molecular weight excluding hydrogens is 238 g/mol. The van der Waals surface area contributed by atoms with E-state index in [4.69, 9.17) is 11.5 Å². The van der Waals surface area contributed by atoms with Gasteiger partial charge in [0.2, 0.25) is 6.41 Å². The number of nitrogens with two attached hydrogens (primary N) is 2. The molecule has 0 radical (unpaired) electrons. The number of aryl methyl sites for hydroxylation is 1. The van der Waals surface area contributed by atoms with Crippen molar-refractivity contribution < 1.29 is 4.79 Å². The van der Waals surface area contributed by atoms with Crippen molar-refractivity contribution >= 4 is 23.5 Å². The molecular formula is C15H19N3O. The van der Waals surface area contributed by atoms with Crippen molar-refractivity contribution in [3.63, 3.8) is 0 Å². The van der Waals surface area contributed by atoms with Gasteiger partial charge < -0.3 is 16.8 Å². The molecule has 0 saturated carbocycles. The highest BCUT2D eigenvalue weighted by Gasteiger charge is 1.95. The molecule has 0 fully saturated rings. The lowest BCUT2D eigenvalue weighted by atomic mass is 10.2. The van der Waals surface area contributed by atoms with Crippen molar-refractivity contribution in [2.75, 3.05) is 16.8 Å². The minimum Gasteiger partial charge on any atom is -0.399 e. The Hall–Kier alpha value is -2.49. The number of carbonyl (C=O) groups is 1. The number of rotatable bonds is 3. The smallest absolute Gasteiger partial charge is 0.211 e. The van der Waals surface area contributed by atoms with E-state index in [0.29, 0.717) is 23.5 Å². The molecule has 2 aromatic carbocycles. The van der Waals surface area contributed by atoms with Gasteiger partial charge in [0, 0.05) is 5.69 Å². The van der Waals surface area contributed by atoms with Gasteiger partial charge in [-0.25, -0.2) is 0 Å². The summed E-state index contributed by atoms with van der Waals surface area (Å²) in [4.78, 5) is 10.0. The van der Waals surface area contributed by atoms with Crippen LogP contribution in [0.1, 0.15) is 12.5 Å². The molecule has 2 aromatic rings. The molecule has 4 nitrogen and oxygen atoms in total. The van der Waals surface area contributed by atoms with E-state index in [9.17, 15) is 4.79 Å². The highest BCUT2D eigenvalue weighted by molar-refractivity contribution is 5.81. The molecule has 0 heterocycles. The Labute approximate surface area is 113 Å². The van der Waals surface area contributed by atoms with E-state index < -0.39 is 0 Å². The van der Waals surface area contributed by atoms with Crippen LogP contribution >= 0.6 is 0 Å². The number of anilines is 3. The standard InChI is InChI=1S/C8H10.C7H9N3O/c1-2-8-6-4-3-5-7-8;8-5-1-2-7(10-4-11)6(9)3-5/h3-7H,2H2,1H3;1-4H,8-9H2,(H,10,11). The van der Waals surface area contributed by atoms with Crippen LogP contribution in [0.3, 0.4) is 0 Å². The third-order valence-electron chi connectivity index (χ3n) is 2.54. The fourth-order valence-corrected chi connectivity index (χ4v) is 1.49. The molecule has 5 N–H and O–H groups in total. The highest BCUT2D eigenvalue weighted by atomic mass is 16.1. The van der Waals surface area contributed by atoms with E-state index >= 15 is 0 Å². The van der Waals surface area contributed by atoms with E-state index in [1.807, 2.05) is 6.07 Å². The van der Waals surface area contributed by atoms with Crippen LogP contribution in [0.4, 0.5) is 17.1 Å². The molecule has 0 aliphatic carbocycles. The Kier molecular flexibility index (Phi) is 5.95. The molecule has 0 bridgehead atoms. The van der Waals surface area contributed by atoms with Gasteiger partial charge in [0.05, 0.1) is 11.4 Å². The average Bonchev–Trinajstić information content (AvgIpc) is 2.44. The van der Waals surface area contributed by atoms with Gasteiger partial charge >= 0.3 is 0 Å². The van der Waals surface area contributed by atoms with Gasteiger partial charge in [0.15, 0.2) is 0 Å². The van der Waals surface area contributed by atoms with Gasteiger partial charge in [-0.15, -0.1) is 0 Å². The molecule has 2 rings (SSSR count). The fourth-order valence-electron chi connectivity index (χ4n) is 1.49. The third-order valence-corrected chi connectivity index (χ3v) is 2.54. The zero-order valence-electron chi connectivity index (χ0n) is 11.0. The summed E-state index contributed by atoms with van der Waals surface area (Å²) in [5.41, 5.74) is 14.0. The van der Waals surface area contributed by atoms with Crippen molar-refractivity contribution in [1.82, 2.24) is 0 Å². The molecule has 0 unspecified atom stereocenters. The lowest BCUT2D eigenvalue weighted by Crippen LogP contribution is -1.99. The molecule has 0 aliphatic rings. The van der Waals surface area contributed by atoms with E-state index in [1.165, 1.54) is 5.56 Å². The molecule has 4 heteroatoms. The van der Waals surface area contributed by atoms with Gasteiger partial charge in [-0.05, 0) is 30.2 Å². The minimum absolute atomic E-state index is 0.470. The lowest BCUT2D eigenvalue weighted by molar-refractivity contribution is -0.105. The van der Waals surface area contributed by atoms with Gasteiger partial charge in [0.25, 0.3) is 0 Å². The number of amides is 1. The van der Waals surface area contributed by atoms with Gasteiger partial charge in [-0.2, -0.15) is 0 Å². The van der Waals surface area contributed by atoms with Crippen molar-refractivity contribution in [1.29, 1.82) is 0 Å². The van der Waals surface area contributed by atoms with Crippen LogP contribution in [0, 0.1) is 0 Å². The first kappa shape index (κ1) is 14.6. The summed E-state index contributed by atoms with van der Waals surface area (Å²) in [7, 11) is 0. The minimum atomic E-state index is 0.470. The maximum absolute atomic E-state index is 10.0. The van der Waals surface area contributed by atoms with Crippen molar-refractivity contribution in [2.24, 2.45) is 0 Å². The van der Waals surface area contributed by atoms with Gasteiger partial charge in [0.1, 0.15) is 0 Å². The number of nitrogens with one attached hydrogen (secondary N) is 1. The molecule has 0 aromatic heterocycles. The van der Waals surface area contributed by atoms with Crippen LogP contribution in [0.15, 0.2) is 48.5 Å². The Bertz CT molecular complexity index is 512. The van der Waals surface area contributed by atoms with E-state index in [1.54, 1.807) is 18.2 Å². The van der Waals surface area contributed by atoms with E-state index in [2.05, 4.69) is 36.5 Å². The van der Waals surface area contributed by atoms with Crippen LogP contribution in [0.2, 0.25) is 0 Å². The molecule has 100 valence electrons. The van der Waals surface area contributed by atoms with Crippen molar-refractivity contribution in [2.45, 2.75) is 13.3 Å². The second kappa shape index (κ2) is 7.76. The topological polar surface area (TPSA) is 81.1 Å². The van der Waals surface area contributed by atoms with Gasteiger partial charge in [-0.1, -0.05) is 37.3 Å². The van der Waals surface area contributed by atoms with Gasteiger partial charge in [-0.3, -0.25) is 4.79 Å². The Morgan fingerprint density at radius 2 is 1.79 bits per heavy atom. The lowest BCUT2D eigenvalue weighted by Gasteiger charge is -2.03. The summed E-state index contributed by atoms with van der Waals surface area (Å²) in [6.45, 7) is 2.16.